The molecule has 1 aromatic rings. The summed E-state index contributed by atoms with van der Waals surface area (Å²) < 4.78 is 47.3. The number of nitrogens with two attached hydrogens (primary N) is 1. The molecule has 4 bridgehead atoms. The lowest BCUT2D eigenvalue weighted by molar-refractivity contribution is -0.274. The highest BCUT2D eigenvalue weighted by atomic mass is 19.4. The predicted molar refractivity (Wildman–Crippen MR) is 115 cm³/mol. The summed E-state index contributed by atoms with van der Waals surface area (Å²) in [7, 11) is 0. The summed E-state index contributed by atoms with van der Waals surface area (Å²) in [5, 5.41) is 3.22. The molecule has 7 nitrogen and oxygen atoms in total. The van der Waals surface area contributed by atoms with Crippen molar-refractivity contribution in [2.24, 2.45) is 28.9 Å². The van der Waals surface area contributed by atoms with Gasteiger partial charge < -0.3 is 20.5 Å². The molecule has 2 amide bonds. The Labute approximate surface area is 196 Å². The first-order valence-corrected chi connectivity index (χ1v) is 11.9. The molecule has 4 saturated carbocycles. The molecular weight excluding hydrogens is 451 g/mol. The Balaban J connectivity index is 1.19. The monoisotopic (exact) mass is 481 g/mol. The third kappa shape index (κ3) is 4.75. The molecule has 3 atom stereocenters. The zero-order valence-corrected chi connectivity index (χ0v) is 18.9. The Hall–Kier alpha value is -2.33. The van der Waals surface area contributed by atoms with Crippen molar-refractivity contribution in [1.82, 2.24) is 10.2 Å². The molecular formula is C24H30F3N3O4. The fourth-order valence-corrected chi connectivity index (χ4v) is 6.92. The maximum atomic E-state index is 13.1. The van der Waals surface area contributed by atoms with Crippen LogP contribution in [0, 0.1) is 23.2 Å². The fourth-order valence-electron chi connectivity index (χ4n) is 6.92. The van der Waals surface area contributed by atoms with Gasteiger partial charge in [0.25, 0.3) is 5.91 Å². The van der Waals surface area contributed by atoms with Crippen LogP contribution in [-0.2, 0) is 20.9 Å². The number of nitrogens with zero attached hydrogens (tertiary/aromatic N) is 1. The lowest BCUT2D eigenvalue weighted by Gasteiger charge is -2.59. The molecule has 1 aliphatic heterocycles. The summed E-state index contributed by atoms with van der Waals surface area (Å²) in [5.41, 5.74) is 6.02. The van der Waals surface area contributed by atoms with Gasteiger partial charge in [-0.05, 0) is 67.6 Å². The first-order valence-electron chi connectivity index (χ1n) is 11.9. The van der Waals surface area contributed by atoms with Gasteiger partial charge in [0.1, 0.15) is 11.9 Å². The predicted octanol–water partition coefficient (Wildman–Crippen LogP) is 2.58. The molecule has 2 unspecified atom stereocenters. The lowest BCUT2D eigenvalue weighted by Crippen LogP contribution is -2.63. The van der Waals surface area contributed by atoms with Crippen molar-refractivity contribution in [3.05, 3.63) is 29.8 Å². The van der Waals surface area contributed by atoms with Gasteiger partial charge in [0.05, 0.1) is 6.61 Å². The van der Waals surface area contributed by atoms with Crippen LogP contribution in [0.4, 0.5) is 13.2 Å². The van der Waals surface area contributed by atoms with Crippen LogP contribution in [0.3, 0.4) is 0 Å². The van der Waals surface area contributed by atoms with Gasteiger partial charge >= 0.3 is 6.36 Å². The van der Waals surface area contributed by atoms with E-state index in [1.54, 1.807) is 6.07 Å². The maximum Gasteiger partial charge on any atom is 0.573 e. The van der Waals surface area contributed by atoms with Gasteiger partial charge in [0, 0.05) is 31.1 Å². The average molecular weight is 482 g/mol. The fraction of sp³-hybridized carbons (Fsp3) is 0.667. The van der Waals surface area contributed by atoms with Crippen LogP contribution >= 0.6 is 0 Å². The van der Waals surface area contributed by atoms with Gasteiger partial charge in [0.2, 0.25) is 5.91 Å². The Morgan fingerprint density at radius 1 is 1.21 bits per heavy atom. The number of alkyl halides is 3. The summed E-state index contributed by atoms with van der Waals surface area (Å²) >= 11 is 0. The second kappa shape index (κ2) is 8.71. The average Bonchev–Trinajstić information content (AvgIpc) is 2.75. The highest BCUT2D eigenvalue weighted by molar-refractivity contribution is 5.83. The number of rotatable bonds is 6. The first-order chi connectivity index (χ1) is 16.1. The summed E-state index contributed by atoms with van der Waals surface area (Å²) in [6, 6.07) is 5.91. The number of hydrogen-bond donors (Lipinski definition) is 2. The van der Waals surface area contributed by atoms with E-state index in [9.17, 15) is 22.8 Å². The third-order valence-electron chi connectivity index (χ3n) is 8.09. The van der Waals surface area contributed by atoms with E-state index >= 15 is 0 Å². The minimum atomic E-state index is -4.74. The SMILES string of the molecule is NC(=O)C12CC3CC(C1)C(NC(=O)[C@H]1CN(Cc4cccc(OC(F)(F)F)c4)CCO1)C(C3)C2. The van der Waals surface area contributed by atoms with E-state index in [0.29, 0.717) is 37.7 Å². The maximum absolute atomic E-state index is 13.1. The number of nitrogens with one attached hydrogen (secondary N) is 1. The summed E-state index contributed by atoms with van der Waals surface area (Å²) in [5.74, 6) is 0.412. The number of ether oxygens (including phenoxy) is 2. The number of amides is 2. The standard InChI is InChI=1S/C24H30F3N3O4/c25-24(26,27)34-18-3-1-2-14(8-18)12-30-4-5-33-19(13-30)21(31)29-20-16-6-15-7-17(20)11-23(9-15,10-16)22(28)32/h1-3,8,15-17,19-20H,4-7,9-13H2,(H2,28,32)(H,29,31)/t15?,16?,17?,19-,20?,23?/m1/s1. The van der Waals surface area contributed by atoms with E-state index in [4.69, 9.17) is 10.5 Å². The molecule has 0 aromatic heterocycles. The molecule has 6 rings (SSSR count). The molecule has 1 saturated heterocycles. The van der Waals surface area contributed by atoms with Crippen LogP contribution < -0.4 is 15.8 Å². The molecule has 1 heterocycles. The number of halogens is 3. The van der Waals surface area contributed by atoms with E-state index in [-0.39, 0.29) is 35.4 Å². The normalized spacial score (nSPS) is 35.2. The Bertz CT molecular complexity index is 940. The van der Waals surface area contributed by atoms with Crippen molar-refractivity contribution < 1.29 is 32.2 Å². The van der Waals surface area contributed by atoms with E-state index < -0.39 is 17.9 Å². The zero-order valence-electron chi connectivity index (χ0n) is 18.9. The molecule has 3 N–H and O–H groups in total. The van der Waals surface area contributed by atoms with Gasteiger partial charge in [0.15, 0.2) is 0 Å². The van der Waals surface area contributed by atoms with Crippen LogP contribution in [-0.4, -0.2) is 54.9 Å². The quantitative estimate of drug-likeness (QED) is 0.652. The highest BCUT2D eigenvalue weighted by Gasteiger charge is 2.58. The first kappa shape index (κ1) is 23.4. The second-order valence-electron chi connectivity index (χ2n) is 10.4. The largest absolute Gasteiger partial charge is 0.573 e. The van der Waals surface area contributed by atoms with Crippen LogP contribution in [0.15, 0.2) is 24.3 Å². The molecule has 186 valence electrons. The third-order valence-corrected chi connectivity index (χ3v) is 8.09. The summed E-state index contributed by atoms with van der Waals surface area (Å²) in [6.07, 6.45) is -0.982. The van der Waals surface area contributed by atoms with Crippen molar-refractivity contribution in [2.45, 2.75) is 57.2 Å². The topological polar surface area (TPSA) is 93.9 Å². The van der Waals surface area contributed by atoms with Crippen LogP contribution in [0.25, 0.3) is 0 Å². The molecule has 10 heteroatoms. The Morgan fingerprint density at radius 2 is 1.94 bits per heavy atom. The minimum Gasteiger partial charge on any atom is -0.406 e. The van der Waals surface area contributed by atoms with Crippen molar-refractivity contribution in [2.75, 3.05) is 19.7 Å². The second-order valence-corrected chi connectivity index (χ2v) is 10.4. The number of morpholine rings is 1. The molecule has 5 aliphatic rings. The van der Waals surface area contributed by atoms with Crippen molar-refractivity contribution in [1.29, 1.82) is 0 Å². The molecule has 5 fully saturated rings. The summed E-state index contributed by atoms with van der Waals surface area (Å²) in [4.78, 5) is 27.3. The smallest absolute Gasteiger partial charge is 0.406 e. The molecule has 34 heavy (non-hydrogen) atoms. The number of primary amides is 1. The van der Waals surface area contributed by atoms with Crippen molar-refractivity contribution in [3.8, 4) is 5.75 Å². The van der Waals surface area contributed by atoms with Crippen LogP contribution in [0.2, 0.25) is 0 Å². The van der Waals surface area contributed by atoms with Gasteiger partial charge in [-0.25, -0.2) is 0 Å². The van der Waals surface area contributed by atoms with Crippen molar-refractivity contribution in [3.63, 3.8) is 0 Å². The van der Waals surface area contributed by atoms with E-state index in [1.807, 2.05) is 4.90 Å². The van der Waals surface area contributed by atoms with Gasteiger partial charge in [-0.2, -0.15) is 0 Å². The van der Waals surface area contributed by atoms with E-state index in [2.05, 4.69) is 10.1 Å². The van der Waals surface area contributed by atoms with Gasteiger partial charge in [-0.15, -0.1) is 13.2 Å². The van der Waals surface area contributed by atoms with E-state index in [0.717, 1.165) is 32.1 Å². The lowest BCUT2D eigenvalue weighted by atomic mass is 9.47. The molecule has 0 radical (unpaired) electrons. The number of benzene rings is 1. The van der Waals surface area contributed by atoms with Gasteiger partial charge in [-0.3, -0.25) is 14.5 Å². The number of hydrogen-bond acceptors (Lipinski definition) is 5. The van der Waals surface area contributed by atoms with E-state index in [1.165, 1.54) is 18.2 Å². The molecule has 0 spiro atoms. The number of carbonyl (C=O) groups excluding carboxylic acids is 2. The van der Waals surface area contributed by atoms with Crippen molar-refractivity contribution >= 4 is 11.8 Å². The molecule has 4 aliphatic carbocycles. The zero-order chi connectivity index (χ0) is 24.1. The highest BCUT2D eigenvalue weighted by Crippen LogP contribution is 2.59. The Morgan fingerprint density at radius 3 is 2.62 bits per heavy atom. The summed E-state index contributed by atoms with van der Waals surface area (Å²) in [6.45, 7) is 1.68. The van der Waals surface area contributed by atoms with Crippen LogP contribution in [0.5, 0.6) is 5.75 Å². The van der Waals surface area contributed by atoms with Gasteiger partial charge in [-0.1, -0.05) is 12.1 Å². The number of carbonyl (C=O) groups is 2. The Kier molecular flexibility index (Phi) is 6.00. The minimum absolute atomic E-state index is 0.0340. The van der Waals surface area contributed by atoms with Crippen LogP contribution in [0.1, 0.15) is 37.7 Å². The molecule has 1 aromatic carbocycles.